The first kappa shape index (κ1) is 10.4. The molecule has 1 saturated heterocycles. The first-order chi connectivity index (χ1) is 6.57. The normalized spacial score (nSPS) is 33.6. The molecule has 1 aliphatic carbocycles. The van der Waals surface area contributed by atoms with Crippen LogP contribution >= 0.6 is 0 Å². The van der Waals surface area contributed by atoms with Crippen molar-refractivity contribution in [2.24, 2.45) is 11.3 Å². The molecule has 1 saturated carbocycles. The van der Waals surface area contributed by atoms with Crippen molar-refractivity contribution in [2.75, 3.05) is 13.2 Å². The number of ether oxygens (including phenoxy) is 1. The molecule has 2 rings (SSSR count). The monoisotopic (exact) mass is 197 g/mol. The number of rotatable bonds is 3. The van der Waals surface area contributed by atoms with Crippen molar-refractivity contribution in [1.82, 2.24) is 5.32 Å². The van der Waals surface area contributed by atoms with Gasteiger partial charge in [-0.25, -0.2) is 0 Å². The van der Waals surface area contributed by atoms with E-state index in [1.54, 1.807) is 0 Å². The van der Waals surface area contributed by atoms with Crippen LogP contribution in [0.5, 0.6) is 0 Å². The Balaban J connectivity index is 1.82. The summed E-state index contributed by atoms with van der Waals surface area (Å²) in [5, 5.41) is 3.62. The third kappa shape index (κ3) is 2.48. The second-order valence-electron chi connectivity index (χ2n) is 5.89. The van der Waals surface area contributed by atoms with E-state index in [-0.39, 0.29) is 0 Å². The predicted molar refractivity (Wildman–Crippen MR) is 58.3 cm³/mol. The van der Waals surface area contributed by atoms with E-state index in [0.29, 0.717) is 11.5 Å². The predicted octanol–water partition coefficient (Wildman–Crippen LogP) is 2.19. The van der Waals surface area contributed by atoms with E-state index in [4.69, 9.17) is 4.74 Å². The molecule has 0 bridgehead atoms. The summed E-state index contributed by atoms with van der Waals surface area (Å²) in [5.74, 6) is 0.732. The lowest BCUT2D eigenvalue weighted by atomic mass is 9.81. The first-order valence-corrected chi connectivity index (χ1v) is 5.92. The van der Waals surface area contributed by atoms with E-state index in [2.05, 4.69) is 26.1 Å². The van der Waals surface area contributed by atoms with Gasteiger partial charge in [0.05, 0.1) is 6.10 Å². The minimum atomic E-state index is 0.298. The fraction of sp³-hybridized carbons (Fsp3) is 1.00. The number of nitrogens with one attached hydrogen (secondary N) is 1. The van der Waals surface area contributed by atoms with Crippen LogP contribution in [0, 0.1) is 11.3 Å². The van der Waals surface area contributed by atoms with Crippen molar-refractivity contribution < 1.29 is 4.74 Å². The molecule has 0 spiro atoms. The summed E-state index contributed by atoms with van der Waals surface area (Å²) in [6.07, 6.45) is 4.46. The second-order valence-corrected chi connectivity index (χ2v) is 5.89. The molecule has 0 aromatic rings. The summed E-state index contributed by atoms with van der Waals surface area (Å²) >= 11 is 0. The van der Waals surface area contributed by atoms with Gasteiger partial charge in [0, 0.05) is 25.1 Å². The molecule has 0 aromatic carbocycles. The van der Waals surface area contributed by atoms with E-state index >= 15 is 0 Å². The first-order valence-electron chi connectivity index (χ1n) is 5.92. The zero-order chi connectivity index (χ0) is 10.2. The number of hydrogen-bond acceptors (Lipinski definition) is 2. The Labute approximate surface area is 87.4 Å². The van der Waals surface area contributed by atoms with Crippen LogP contribution in [0.4, 0.5) is 0 Å². The summed E-state index contributed by atoms with van der Waals surface area (Å²) in [5.41, 5.74) is 0.298. The Kier molecular flexibility index (Phi) is 2.85. The van der Waals surface area contributed by atoms with Crippen molar-refractivity contribution in [1.29, 1.82) is 0 Å². The van der Waals surface area contributed by atoms with E-state index in [0.717, 1.165) is 25.1 Å². The Morgan fingerprint density at radius 3 is 2.50 bits per heavy atom. The van der Waals surface area contributed by atoms with Crippen LogP contribution in [-0.2, 0) is 4.74 Å². The maximum Gasteiger partial charge on any atom is 0.0664 e. The Bertz CT molecular complexity index is 193. The fourth-order valence-corrected chi connectivity index (χ4v) is 2.41. The van der Waals surface area contributed by atoms with Crippen LogP contribution in [0.2, 0.25) is 0 Å². The molecular formula is C12H23NO. The van der Waals surface area contributed by atoms with Gasteiger partial charge in [0.2, 0.25) is 0 Å². The molecule has 2 nitrogen and oxygen atoms in total. The van der Waals surface area contributed by atoms with Crippen molar-refractivity contribution in [3.8, 4) is 0 Å². The van der Waals surface area contributed by atoms with Gasteiger partial charge in [-0.1, -0.05) is 20.8 Å². The minimum Gasteiger partial charge on any atom is -0.377 e. The van der Waals surface area contributed by atoms with Gasteiger partial charge < -0.3 is 10.1 Å². The summed E-state index contributed by atoms with van der Waals surface area (Å²) in [7, 11) is 0. The molecule has 2 atom stereocenters. The van der Waals surface area contributed by atoms with Crippen LogP contribution in [0.3, 0.4) is 0 Å². The third-order valence-corrected chi connectivity index (χ3v) is 3.31. The lowest BCUT2D eigenvalue weighted by Gasteiger charge is -2.31. The molecule has 0 radical (unpaired) electrons. The SMILES string of the molecule is CC(C)(C)C1OCCC1CNC1CC1. The smallest absolute Gasteiger partial charge is 0.0664 e. The molecule has 1 N–H and O–H groups in total. The van der Waals surface area contributed by atoms with Gasteiger partial charge in [0.25, 0.3) is 0 Å². The Morgan fingerprint density at radius 2 is 1.93 bits per heavy atom. The topological polar surface area (TPSA) is 21.3 Å². The molecule has 0 aromatic heterocycles. The van der Waals surface area contributed by atoms with Crippen LogP contribution in [-0.4, -0.2) is 25.3 Å². The Morgan fingerprint density at radius 1 is 1.21 bits per heavy atom. The molecule has 2 fully saturated rings. The zero-order valence-electron chi connectivity index (χ0n) is 9.68. The molecule has 14 heavy (non-hydrogen) atoms. The summed E-state index contributed by atoms with van der Waals surface area (Å²) in [4.78, 5) is 0. The van der Waals surface area contributed by atoms with Crippen molar-refractivity contribution in [3.05, 3.63) is 0 Å². The highest BCUT2D eigenvalue weighted by molar-refractivity contribution is 4.89. The summed E-state index contributed by atoms with van der Waals surface area (Å²) in [6, 6.07) is 0.830. The van der Waals surface area contributed by atoms with E-state index in [9.17, 15) is 0 Å². The van der Waals surface area contributed by atoms with E-state index in [1.807, 2.05) is 0 Å². The van der Waals surface area contributed by atoms with E-state index in [1.165, 1.54) is 19.3 Å². The van der Waals surface area contributed by atoms with Gasteiger partial charge in [-0.3, -0.25) is 0 Å². The Hall–Kier alpha value is -0.0800. The van der Waals surface area contributed by atoms with Crippen LogP contribution < -0.4 is 5.32 Å². The average molecular weight is 197 g/mol. The van der Waals surface area contributed by atoms with Gasteiger partial charge in [-0.05, 0) is 24.7 Å². The quantitative estimate of drug-likeness (QED) is 0.749. The highest BCUT2D eigenvalue weighted by atomic mass is 16.5. The number of hydrogen-bond donors (Lipinski definition) is 1. The van der Waals surface area contributed by atoms with Crippen LogP contribution in [0.25, 0.3) is 0 Å². The molecule has 0 amide bonds. The molecule has 82 valence electrons. The van der Waals surface area contributed by atoms with Gasteiger partial charge in [0.15, 0.2) is 0 Å². The van der Waals surface area contributed by atoms with E-state index < -0.39 is 0 Å². The van der Waals surface area contributed by atoms with Crippen molar-refractivity contribution in [2.45, 2.75) is 52.2 Å². The van der Waals surface area contributed by atoms with Crippen molar-refractivity contribution >= 4 is 0 Å². The molecule has 1 heterocycles. The molecule has 2 unspecified atom stereocenters. The third-order valence-electron chi connectivity index (χ3n) is 3.31. The highest BCUT2D eigenvalue weighted by Gasteiger charge is 2.37. The standard InChI is InChI=1S/C12H23NO/c1-12(2,3)11-9(6-7-14-11)8-13-10-4-5-10/h9-11,13H,4-8H2,1-3H3. The molecular weight excluding hydrogens is 174 g/mol. The lowest BCUT2D eigenvalue weighted by Crippen LogP contribution is -2.37. The van der Waals surface area contributed by atoms with Crippen LogP contribution in [0.1, 0.15) is 40.0 Å². The van der Waals surface area contributed by atoms with Gasteiger partial charge in [-0.2, -0.15) is 0 Å². The second kappa shape index (κ2) is 3.82. The maximum absolute atomic E-state index is 5.84. The molecule has 2 aliphatic rings. The maximum atomic E-state index is 5.84. The molecule has 2 heteroatoms. The summed E-state index contributed by atoms with van der Waals surface area (Å²) < 4.78 is 5.84. The molecule has 1 aliphatic heterocycles. The summed E-state index contributed by atoms with van der Waals surface area (Å²) in [6.45, 7) is 8.97. The van der Waals surface area contributed by atoms with Gasteiger partial charge >= 0.3 is 0 Å². The van der Waals surface area contributed by atoms with Gasteiger partial charge in [-0.15, -0.1) is 0 Å². The average Bonchev–Trinajstić information content (AvgIpc) is 2.77. The minimum absolute atomic E-state index is 0.298. The van der Waals surface area contributed by atoms with Gasteiger partial charge in [0.1, 0.15) is 0 Å². The fourth-order valence-electron chi connectivity index (χ4n) is 2.41. The van der Waals surface area contributed by atoms with Crippen LogP contribution in [0.15, 0.2) is 0 Å². The largest absolute Gasteiger partial charge is 0.377 e. The highest BCUT2D eigenvalue weighted by Crippen LogP contribution is 2.34. The zero-order valence-corrected chi connectivity index (χ0v) is 9.68. The van der Waals surface area contributed by atoms with Crippen molar-refractivity contribution in [3.63, 3.8) is 0 Å². The lowest BCUT2D eigenvalue weighted by molar-refractivity contribution is 0.00720.